The number of hydrogen-bond donors (Lipinski definition) is 3. The summed E-state index contributed by atoms with van der Waals surface area (Å²) in [6.07, 6.45) is 0. The number of hydrogen-bond acceptors (Lipinski definition) is 4. The predicted molar refractivity (Wildman–Crippen MR) is 85.6 cm³/mol. The number of rotatable bonds is 4. The topological polar surface area (TPSA) is 88.7 Å². The van der Waals surface area contributed by atoms with Crippen molar-refractivity contribution in [3.05, 3.63) is 54.1 Å². The van der Waals surface area contributed by atoms with Crippen molar-refractivity contribution in [2.24, 2.45) is 0 Å². The molecule has 7 nitrogen and oxygen atoms in total. The molecule has 0 fully saturated rings. The van der Waals surface area contributed by atoms with Crippen LogP contribution in [-0.4, -0.2) is 26.2 Å². The quantitative estimate of drug-likeness (QED) is 0.754. The third-order valence-corrected chi connectivity index (χ3v) is 2.97. The number of anilines is 1. The minimum absolute atomic E-state index is 0.322. The van der Waals surface area contributed by atoms with E-state index in [0.717, 1.165) is 0 Å². The van der Waals surface area contributed by atoms with Crippen LogP contribution in [0.1, 0.15) is 10.4 Å². The Labute approximate surface area is 133 Å². The standard InChI is InChI=1S/C16H17N3O4/c1-22-13-9-8-11(10-14(13)23-2)15(20)18-19-16(21)17-12-6-4-3-5-7-12/h3-10H,1-2H3,(H,18,20)(H2,17,19,21). The number of carbonyl (C=O) groups is 2. The third kappa shape index (κ3) is 4.37. The highest BCUT2D eigenvalue weighted by Crippen LogP contribution is 2.27. The molecule has 0 unspecified atom stereocenters. The Morgan fingerprint density at radius 2 is 1.57 bits per heavy atom. The second kappa shape index (κ2) is 7.69. The highest BCUT2D eigenvalue weighted by molar-refractivity contribution is 5.97. The van der Waals surface area contributed by atoms with Gasteiger partial charge in [-0.1, -0.05) is 18.2 Å². The number of amides is 3. The van der Waals surface area contributed by atoms with Crippen LogP contribution in [0.15, 0.2) is 48.5 Å². The molecule has 0 aliphatic rings. The van der Waals surface area contributed by atoms with Gasteiger partial charge in [0.05, 0.1) is 14.2 Å². The van der Waals surface area contributed by atoms with Gasteiger partial charge < -0.3 is 14.8 Å². The lowest BCUT2D eigenvalue weighted by Crippen LogP contribution is -2.43. The number of ether oxygens (including phenoxy) is 2. The fourth-order valence-electron chi connectivity index (χ4n) is 1.85. The van der Waals surface area contributed by atoms with Gasteiger partial charge in [0, 0.05) is 11.3 Å². The zero-order valence-electron chi connectivity index (χ0n) is 12.8. The van der Waals surface area contributed by atoms with E-state index < -0.39 is 11.9 Å². The number of hydrazine groups is 1. The van der Waals surface area contributed by atoms with Gasteiger partial charge in [0.1, 0.15) is 0 Å². The smallest absolute Gasteiger partial charge is 0.337 e. The van der Waals surface area contributed by atoms with Crippen LogP contribution < -0.4 is 25.6 Å². The molecule has 0 aliphatic heterocycles. The van der Waals surface area contributed by atoms with E-state index in [-0.39, 0.29) is 0 Å². The Kier molecular flexibility index (Phi) is 5.40. The van der Waals surface area contributed by atoms with Crippen LogP contribution in [0.5, 0.6) is 11.5 Å². The van der Waals surface area contributed by atoms with Gasteiger partial charge in [-0.2, -0.15) is 0 Å². The molecule has 0 saturated heterocycles. The average Bonchev–Trinajstić information content (AvgIpc) is 2.59. The Morgan fingerprint density at radius 3 is 2.22 bits per heavy atom. The molecule has 3 amide bonds. The summed E-state index contributed by atoms with van der Waals surface area (Å²) in [5.74, 6) is 0.460. The molecule has 2 aromatic carbocycles. The Hall–Kier alpha value is -3.22. The first-order valence-electron chi connectivity index (χ1n) is 6.78. The Bertz CT molecular complexity index is 689. The zero-order chi connectivity index (χ0) is 16.7. The van der Waals surface area contributed by atoms with Crippen LogP contribution >= 0.6 is 0 Å². The summed E-state index contributed by atoms with van der Waals surface area (Å²) < 4.78 is 10.2. The number of urea groups is 1. The molecule has 23 heavy (non-hydrogen) atoms. The minimum Gasteiger partial charge on any atom is -0.493 e. The van der Waals surface area contributed by atoms with Gasteiger partial charge in [0.2, 0.25) is 0 Å². The van der Waals surface area contributed by atoms with Crippen molar-refractivity contribution < 1.29 is 19.1 Å². The first kappa shape index (κ1) is 16.2. The van der Waals surface area contributed by atoms with Crippen molar-refractivity contribution in [3.63, 3.8) is 0 Å². The lowest BCUT2D eigenvalue weighted by Gasteiger charge is -2.11. The molecule has 2 aromatic rings. The number of carbonyl (C=O) groups excluding carboxylic acids is 2. The molecule has 0 aromatic heterocycles. The van der Waals surface area contributed by atoms with Crippen LogP contribution in [0.4, 0.5) is 10.5 Å². The van der Waals surface area contributed by atoms with E-state index in [1.54, 1.807) is 36.4 Å². The van der Waals surface area contributed by atoms with Gasteiger partial charge in [-0.15, -0.1) is 0 Å². The van der Waals surface area contributed by atoms with Crippen LogP contribution in [0, 0.1) is 0 Å². The fraction of sp³-hybridized carbons (Fsp3) is 0.125. The second-order valence-corrected chi connectivity index (χ2v) is 4.47. The largest absolute Gasteiger partial charge is 0.493 e. The number of para-hydroxylation sites is 1. The monoisotopic (exact) mass is 315 g/mol. The highest BCUT2D eigenvalue weighted by Gasteiger charge is 2.11. The number of nitrogens with one attached hydrogen (secondary N) is 3. The normalized spacial score (nSPS) is 9.65. The molecule has 7 heteroatoms. The van der Waals surface area contributed by atoms with Crippen molar-refractivity contribution in [3.8, 4) is 11.5 Å². The first-order valence-corrected chi connectivity index (χ1v) is 6.78. The van der Waals surface area contributed by atoms with Gasteiger partial charge in [0.15, 0.2) is 11.5 Å². The molecule has 0 saturated carbocycles. The van der Waals surface area contributed by atoms with E-state index in [1.807, 2.05) is 6.07 Å². The molecule has 2 rings (SSSR count). The van der Waals surface area contributed by atoms with Gasteiger partial charge in [-0.3, -0.25) is 10.2 Å². The van der Waals surface area contributed by atoms with E-state index >= 15 is 0 Å². The highest BCUT2D eigenvalue weighted by atomic mass is 16.5. The lowest BCUT2D eigenvalue weighted by molar-refractivity contribution is 0.0937. The van der Waals surface area contributed by atoms with Crippen LogP contribution in [0.2, 0.25) is 0 Å². The maximum absolute atomic E-state index is 12.0. The van der Waals surface area contributed by atoms with E-state index in [1.165, 1.54) is 20.3 Å². The van der Waals surface area contributed by atoms with E-state index in [4.69, 9.17) is 9.47 Å². The lowest BCUT2D eigenvalue weighted by atomic mass is 10.2. The summed E-state index contributed by atoms with van der Waals surface area (Å²) in [5, 5.41) is 2.58. The molecular weight excluding hydrogens is 298 g/mol. The third-order valence-electron chi connectivity index (χ3n) is 2.97. The molecule has 0 heterocycles. The van der Waals surface area contributed by atoms with Crippen molar-refractivity contribution in [2.75, 3.05) is 19.5 Å². The Morgan fingerprint density at radius 1 is 0.870 bits per heavy atom. The molecule has 0 spiro atoms. The maximum atomic E-state index is 12.0. The average molecular weight is 315 g/mol. The molecular formula is C16H17N3O4. The first-order chi connectivity index (χ1) is 11.1. The summed E-state index contributed by atoms with van der Waals surface area (Å²) >= 11 is 0. The van der Waals surface area contributed by atoms with E-state index in [2.05, 4.69) is 16.2 Å². The predicted octanol–water partition coefficient (Wildman–Crippen LogP) is 2.17. The summed E-state index contributed by atoms with van der Waals surface area (Å²) in [6.45, 7) is 0. The summed E-state index contributed by atoms with van der Waals surface area (Å²) in [6, 6.07) is 13.0. The van der Waals surface area contributed by atoms with Crippen molar-refractivity contribution >= 4 is 17.6 Å². The van der Waals surface area contributed by atoms with Crippen molar-refractivity contribution in [1.82, 2.24) is 10.9 Å². The van der Waals surface area contributed by atoms with Gasteiger partial charge in [-0.25, -0.2) is 10.2 Å². The van der Waals surface area contributed by atoms with Crippen LogP contribution in [0.25, 0.3) is 0 Å². The van der Waals surface area contributed by atoms with Crippen molar-refractivity contribution in [2.45, 2.75) is 0 Å². The van der Waals surface area contributed by atoms with Gasteiger partial charge >= 0.3 is 6.03 Å². The number of benzene rings is 2. The van der Waals surface area contributed by atoms with E-state index in [9.17, 15) is 9.59 Å². The van der Waals surface area contributed by atoms with Gasteiger partial charge in [-0.05, 0) is 30.3 Å². The fourth-order valence-corrected chi connectivity index (χ4v) is 1.85. The van der Waals surface area contributed by atoms with Crippen LogP contribution in [-0.2, 0) is 0 Å². The summed E-state index contributed by atoms with van der Waals surface area (Å²) in [7, 11) is 2.98. The van der Waals surface area contributed by atoms with Crippen molar-refractivity contribution in [1.29, 1.82) is 0 Å². The van der Waals surface area contributed by atoms with Gasteiger partial charge in [0.25, 0.3) is 5.91 Å². The molecule has 0 aliphatic carbocycles. The second-order valence-electron chi connectivity index (χ2n) is 4.47. The number of methoxy groups -OCH3 is 2. The molecule has 3 N–H and O–H groups in total. The minimum atomic E-state index is -0.551. The maximum Gasteiger partial charge on any atom is 0.337 e. The molecule has 0 radical (unpaired) electrons. The molecule has 0 atom stereocenters. The SMILES string of the molecule is COc1ccc(C(=O)NNC(=O)Nc2ccccc2)cc1OC. The zero-order valence-corrected chi connectivity index (χ0v) is 12.8. The summed E-state index contributed by atoms with van der Waals surface area (Å²) in [4.78, 5) is 23.7. The Balaban J connectivity index is 1.93. The molecule has 120 valence electrons. The molecule has 0 bridgehead atoms. The van der Waals surface area contributed by atoms with E-state index in [0.29, 0.717) is 22.7 Å². The van der Waals surface area contributed by atoms with Crippen LogP contribution in [0.3, 0.4) is 0 Å². The summed E-state index contributed by atoms with van der Waals surface area (Å²) in [5.41, 5.74) is 5.52.